The molecule has 0 saturated carbocycles. The van der Waals surface area contributed by atoms with Crippen LogP contribution >= 0.6 is 0 Å². The van der Waals surface area contributed by atoms with Gasteiger partial charge in [-0.1, -0.05) is 27.7 Å². The highest BCUT2D eigenvalue weighted by atomic mass is 16.2. The Morgan fingerprint density at radius 3 is 2.21 bits per heavy atom. The molecule has 0 aliphatic carbocycles. The Kier molecular flexibility index (Phi) is 4.99. The van der Waals surface area contributed by atoms with Gasteiger partial charge in [0.15, 0.2) is 0 Å². The first kappa shape index (κ1) is 15.6. The van der Waals surface area contributed by atoms with Crippen molar-refractivity contribution in [1.82, 2.24) is 10.2 Å². The highest BCUT2D eigenvalue weighted by molar-refractivity contribution is 5.97. The molecule has 1 aliphatic rings. The summed E-state index contributed by atoms with van der Waals surface area (Å²) in [6.07, 6.45) is 5.81. The normalized spacial score (nSPS) is 25.5. The lowest BCUT2D eigenvalue weighted by Crippen LogP contribution is -2.67. The van der Waals surface area contributed by atoms with E-state index in [0.717, 1.165) is 0 Å². The van der Waals surface area contributed by atoms with Crippen LogP contribution in [0.4, 0.5) is 0 Å². The molecule has 1 heterocycles. The summed E-state index contributed by atoms with van der Waals surface area (Å²) in [5.41, 5.74) is 0. The maximum atomic E-state index is 12.6. The minimum Gasteiger partial charge on any atom is -0.342 e. The van der Waals surface area contributed by atoms with E-state index >= 15 is 0 Å². The zero-order valence-electron chi connectivity index (χ0n) is 12.4. The molecule has 1 N–H and O–H groups in total. The van der Waals surface area contributed by atoms with Crippen LogP contribution in [-0.4, -0.2) is 34.8 Å². The fourth-order valence-corrected chi connectivity index (χ4v) is 2.56. The van der Waals surface area contributed by atoms with Gasteiger partial charge in [0.2, 0.25) is 11.8 Å². The summed E-state index contributed by atoms with van der Waals surface area (Å²) in [6.45, 7) is 9.67. The number of piperazine rings is 1. The van der Waals surface area contributed by atoms with E-state index in [1.54, 1.807) is 4.90 Å². The van der Waals surface area contributed by atoms with Crippen molar-refractivity contribution >= 4 is 11.8 Å². The Labute approximate surface area is 115 Å². The van der Waals surface area contributed by atoms with Crippen molar-refractivity contribution in [3.8, 4) is 12.3 Å². The van der Waals surface area contributed by atoms with Crippen LogP contribution < -0.4 is 5.32 Å². The van der Waals surface area contributed by atoms with Crippen molar-refractivity contribution in [2.45, 2.75) is 59.2 Å². The van der Waals surface area contributed by atoms with Crippen molar-refractivity contribution < 1.29 is 9.59 Å². The number of hydrogen-bond donors (Lipinski definition) is 1. The van der Waals surface area contributed by atoms with Gasteiger partial charge in [0.05, 0.1) is 0 Å². The molecule has 0 spiro atoms. The van der Waals surface area contributed by atoms with E-state index in [9.17, 15) is 9.59 Å². The van der Waals surface area contributed by atoms with Crippen molar-refractivity contribution in [1.29, 1.82) is 0 Å². The fraction of sp³-hybridized carbons (Fsp3) is 0.733. The van der Waals surface area contributed by atoms with Gasteiger partial charge in [-0.3, -0.25) is 9.59 Å². The minimum absolute atomic E-state index is 0.0175. The number of carbonyl (C=O) groups excluding carboxylic acids is 2. The highest BCUT2D eigenvalue weighted by Gasteiger charge is 2.44. The molecule has 4 nitrogen and oxygen atoms in total. The van der Waals surface area contributed by atoms with Gasteiger partial charge in [0.25, 0.3) is 0 Å². The Morgan fingerprint density at radius 1 is 1.21 bits per heavy atom. The van der Waals surface area contributed by atoms with Gasteiger partial charge >= 0.3 is 0 Å². The maximum Gasteiger partial charge on any atom is 0.246 e. The van der Waals surface area contributed by atoms with Gasteiger partial charge in [-0.2, -0.15) is 0 Å². The SMILES string of the molecule is C#CCC(C)N1C(=O)C(C(C)C)NC(=O)C1C(C)C. The monoisotopic (exact) mass is 264 g/mol. The average Bonchev–Trinajstić information content (AvgIpc) is 2.30. The molecule has 1 aliphatic heterocycles. The third-order valence-electron chi connectivity index (χ3n) is 3.57. The summed E-state index contributed by atoms with van der Waals surface area (Å²) >= 11 is 0. The second kappa shape index (κ2) is 6.10. The van der Waals surface area contributed by atoms with Crippen LogP contribution in [0.1, 0.15) is 41.0 Å². The van der Waals surface area contributed by atoms with Crippen LogP contribution in [0.15, 0.2) is 0 Å². The largest absolute Gasteiger partial charge is 0.342 e. The lowest BCUT2D eigenvalue weighted by Gasteiger charge is -2.44. The predicted molar refractivity (Wildman–Crippen MR) is 75.2 cm³/mol. The van der Waals surface area contributed by atoms with Crippen molar-refractivity contribution in [2.75, 3.05) is 0 Å². The van der Waals surface area contributed by atoms with Crippen LogP contribution in [0, 0.1) is 24.2 Å². The second-order valence-electron chi connectivity index (χ2n) is 5.92. The topological polar surface area (TPSA) is 49.4 Å². The third kappa shape index (κ3) is 3.09. The highest BCUT2D eigenvalue weighted by Crippen LogP contribution is 2.23. The molecule has 1 saturated heterocycles. The number of amides is 2. The summed E-state index contributed by atoms with van der Waals surface area (Å²) in [5.74, 6) is 2.63. The molecule has 1 fully saturated rings. The number of carbonyl (C=O) groups is 2. The van der Waals surface area contributed by atoms with Crippen LogP contribution in [0.25, 0.3) is 0 Å². The number of rotatable bonds is 4. The van der Waals surface area contributed by atoms with E-state index in [1.165, 1.54) is 0 Å². The molecule has 1 rings (SSSR count). The quantitative estimate of drug-likeness (QED) is 0.780. The van der Waals surface area contributed by atoms with E-state index in [1.807, 2.05) is 34.6 Å². The lowest BCUT2D eigenvalue weighted by molar-refractivity contribution is -0.155. The molecular weight excluding hydrogens is 240 g/mol. The smallest absolute Gasteiger partial charge is 0.246 e. The summed E-state index contributed by atoms with van der Waals surface area (Å²) in [4.78, 5) is 26.5. The zero-order valence-corrected chi connectivity index (χ0v) is 12.4. The van der Waals surface area contributed by atoms with Gasteiger partial charge in [-0.25, -0.2) is 0 Å². The summed E-state index contributed by atoms with van der Waals surface area (Å²) in [6, 6.07) is -0.981. The maximum absolute atomic E-state index is 12.6. The average molecular weight is 264 g/mol. The molecular formula is C15H24N2O2. The predicted octanol–water partition coefficient (Wildman–Crippen LogP) is 1.41. The fourth-order valence-electron chi connectivity index (χ4n) is 2.56. The summed E-state index contributed by atoms with van der Waals surface area (Å²) < 4.78 is 0. The van der Waals surface area contributed by atoms with Gasteiger partial charge in [-0.15, -0.1) is 12.3 Å². The van der Waals surface area contributed by atoms with E-state index < -0.39 is 12.1 Å². The van der Waals surface area contributed by atoms with Gasteiger partial charge < -0.3 is 10.2 Å². The van der Waals surface area contributed by atoms with Gasteiger partial charge in [-0.05, 0) is 18.8 Å². The zero-order chi connectivity index (χ0) is 14.7. The number of nitrogens with one attached hydrogen (secondary N) is 1. The van der Waals surface area contributed by atoms with Crippen LogP contribution in [0.3, 0.4) is 0 Å². The Morgan fingerprint density at radius 2 is 1.79 bits per heavy atom. The third-order valence-corrected chi connectivity index (χ3v) is 3.57. The van der Waals surface area contributed by atoms with Crippen LogP contribution in [-0.2, 0) is 9.59 Å². The van der Waals surface area contributed by atoms with Gasteiger partial charge in [0, 0.05) is 12.5 Å². The lowest BCUT2D eigenvalue weighted by atomic mass is 9.91. The molecule has 2 amide bonds. The second-order valence-corrected chi connectivity index (χ2v) is 5.92. The first-order chi connectivity index (χ1) is 8.81. The number of hydrogen-bond acceptors (Lipinski definition) is 2. The molecule has 0 aromatic carbocycles. The molecule has 0 bridgehead atoms. The summed E-state index contributed by atoms with van der Waals surface area (Å²) in [7, 11) is 0. The molecule has 0 aromatic rings. The molecule has 4 heteroatoms. The molecule has 3 atom stereocenters. The van der Waals surface area contributed by atoms with E-state index in [2.05, 4.69) is 11.2 Å². The molecule has 0 radical (unpaired) electrons. The minimum atomic E-state index is -0.442. The van der Waals surface area contributed by atoms with Gasteiger partial charge in [0.1, 0.15) is 12.1 Å². The van der Waals surface area contributed by atoms with E-state index in [4.69, 9.17) is 6.42 Å². The number of terminal acetylenes is 1. The Hall–Kier alpha value is -1.50. The molecule has 106 valence electrons. The van der Waals surface area contributed by atoms with Crippen LogP contribution in [0.5, 0.6) is 0 Å². The van der Waals surface area contributed by atoms with E-state index in [0.29, 0.717) is 6.42 Å². The standard InChI is InChI=1S/C15H24N2O2/c1-7-8-11(6)17-13(10(4)5)14(18)16-12(9(2)3)15(17)19/h1,9-13H,8H2,2-6H3,(H,16,18). The molecule has 3 unspecified atom stereocenters. The van der Waals surface area contributed by atoms with Crippen molar-refractivity contribution in [2.24, 2.45) is 11.8 Å². The summed E-state index contributed by atoms with van der Waals surface area (Å²) in [5, 5.41) is 2.84. The van der Waals surface area contributed by atoms with Crippen LogP contribution in [0.2, 0.25) is 0 Å². The Bertz CT molecular complexity index is 395. The Balaban J connectivity index is 3.11. The number of nitrogens with zero attached hydrogens (tertiary/aromatic N) is 1. The van der Waals surface area contributed by atoms with E-state index in [-0.39, 0.29) is 29.7 Å². The van der Waals surface area contributed by atoms with Crippen molar-refractivity contribution in [3.63, 3.8) is 0 Å². The first-order valence-electron chi connectivity index (χ1n) is 6.87. The molecule has 0 aromatic heterocycles. The molecule has 19 heavy (non-hydrogen) atoms. The first-order valence-corrected chi connectivity index (χ1v) is 6.87. The van der Waals surface area contributed by atoms with Crippen molar-refractivity contribution in [3.05, 3.63) is 0 Å².